The lowest BCUT2D eigenvalue weighted by Crippen LogP contribution is -2.07. The van der Waals surface area contributed by atoms with Gasteiger partial charge in [0.1, 0.15) is 0 Å². The van der Waals surface area contributed by atoms with E-state index >= 15 is 0 Å². The van der Waals surface area contributed by atoms with Crippen molar-refractivity contribution in [3.05, 3.63) is 29.3 Å². The largest absolute Gasteiger partial charge is 0.294 e. The van der Waals surface area contributed by atoms with E-state index < -0.39 is 10.1 Å². The van der Waals surface area contributed by atoms with Gasteiger partial charge >= 0.3 is 0 Å². The summed E-state index contributed by atoms with van der Waals surface area (Å²) in [5.41, 5.74) is 1.76. The van der Waals surface area contributed by atoms with Crippen LogP contribution in [0.15, 0.2) is 23.1 Å². The van der Waals surface area contributed by atoms with Crippen LogP contribution in [0.4, 0.5) is 0 Å². The lowest BCUT2D eigenvalue weighted by atomic mass is 9.91. The van der Waals surface area contributed by atoms with Crippen molar-refractivity contribution in [3.8, 4) is 0 Å². The molecular formula is C13H20O3S. The van der Waals surface area contributed by atoms with Crippen LogP contribution in [-0.4, -0.2) is 13.0 Å². The van der Waals surface area contributed by atoms with Crippen molar-refractivity contribution < 1.29 is 13.0 Å². The Kier molecular flexibility index (Phi) is 4.71. The van der Waals surface area contributed by atoms with Gasteiger partial charge in [0.05, 0.1) is 4.90 Å². The summed E-state index contributed by atoms with van der Waals surface area (Å²) in [7, 11) is -4.12. The van der Waals surface area contributed by atoms with E-state index in [4.69, 9.17) is 0 Å². The minimum atomic E-state index is -4.12. The molecule has 4 heteroatoms. The highest BCUT2D eigenvalue weighted by molar-refractivity contribution is 7.85. The van der Waals surface area contributed by atoms with Crippen LogP contribution in [0.1, 0.15) is 50.2 Å². The standard InChI is InChI=1S/C13H20O3S/c1-4-6-11(5-2)12-9-10(3)7-8-13(12)17(14,15)16/h7-9,11H,4-6H2,1-3H3,(H,14,15,16). The Morgan fingerprint density at radius 2 is 1.94 bits per heavy atom. The van der Waals surface area contributed by atoms with Gasteiger partial charge in [0.15, 0.2) is 0 Å². The van der Waals surface area contributed by atoms with E-state index in [9.17, 15) is 13.0 Å². The SMILES string of the molecule is CCCC(CC)c1cc(C)ccc1S(=O)(=O)O. The molecule has 0 bridgehead atoms. The zero-order valence-electron chi connectivity index (χ0n) is 10.6. The van der Waals surface area contributed by atoms with Gasteiger partial charge in [-0.3, -0.25) is 4.55 Å². The summed E-state index contributed by atoms with van der Waals surface area (Å²) >= 11 is 0. The molecule has 0 radical (unpaired) electrons. The monoisotopic (exact) mass is 256 g/mol. The van der Waals surface area contributed by atoms with Crippen molar-refractivity contribution >= 4 is 10.1 Å². The van der Waals surface area contributed by atoms with Gasteiger partial charge in [0, 0.05) is 0 Å². The second-order valence-corrected chi connectivity index (χ2v) is 5.80. The summed E-state index contributed by atoms with van der Waals surface area (Å²) in [6, 6.07) is 5.08. The van der Waals surface area contributed by atoms with E-state index in [1.165, 1.54) is 6.07 Å². The summed E-state index contributed by atoms with van der Waals surface area (Å²) in [5.74, 6) is 0.192. The highest BCUT2D eigenvalue weighted by Gasteiger charge is 2.20. The molecule has 0 saturated carbocycles. The molecule has 96 valence electrons. The second-order valence-electron chi connectivity index (χ2n) is 4.41. The molecule has 1 aromatic rings. The minimum absolute atomic E-state index is 0.0587. The fourth-order valence-electron chi connectivity index (χ4n) is 2.15. The Labute approximate surface area is 104 Å². The van der Waals surface area contributed by atoms with Crippen molar-refractivity contribution in [2.24, 2.45) is 0 Å². The minimum Gasteiger partial charge on any atom is -0.282 e. The molecule has 1 unspecified atom stereocenters. The zero-order chi connectivity index (χ0) is 13.1. The van der Waals surface area contributed by atoms with Gasteiger partial charge in [-0.05, 0) is 37.3 Å². The molecule has 0 spiro atoms. The first-order valence-corrected chi connectivity index (χ1v) is 7.42. The summed E-state index contributed by atoms with van der Waals surface area (Å²) < 4.78 is 31.9. The lowest BCUT2D eigenvalue weighted by molar-refractivity contribution is 0.478. The number of hydrogen-bond acceptors (Lipinski definition) is 2. The van der Waals surface area contributed by atoms with Crippen LogP contribution < -0.4 is 0 Å². The normalized spacial score (nSPS) is 13.6. The summed E-state index contributed by atoms with van der Waals surface area (Å²) in [6.45, 7) is 6.04. The highest BCUT2D eigenvalue weighted by atomic mass is 32.2. The number of benzene rings is 1. The third-order valence-electron chi connectivity index (χ3n) is 3.01. The van der Waals surface area contributed by atoms with Crippen molar-refractivity contribution in [1.82, 2.24) is 0 Å². The summed E-state index contributed by atoms with van der Waals surface area (Å²) in [6.07, 6.45) is 2.81. The first-order chi connectivity index (χ1) is 7.90. The van der Waals surface area contributed by atoms with Crippen LogP contribution in [0.3, 0.4) is 0 Å². The van der Waals surface area contributed by atoms with E-state index in [1.807, 2.05) is 19.9 Å². The van der Waals surface area contributed by atoms with Crippen LogP contribution >= 0.6 is 0 Å². The Morgan fingerprint density at radius 3 is 2.41 bits per heavy atom. The molecule has 1 N–H and O–H groups in total. The Bertz CT molecular complexity index is 477. The molecule has 0 heterocycles. The molecule has 3 nitrogen and oxygen atoms in total. The van der Waals surface area contributed by atoms with E-state index in [-0.39, 0.29) is 10.8 Å². The van der Waals surface area contributed by atoms with E-state index in [1.54, 1.807) is 6.07 Å². The molecular weight excluding hydrogens is 236 g/mol. The predicted molar refractivity (Wildman–Crippen MR) is 68.9 cm³/mol. The maximum absolute atomic E-state index is 11.3. The van der Waals surface area contributed by atoms with Gasteiger partial charge in [-0.25, -0.2) is 0 Å². The van der Waals surface area contributed by atoms with E-state index in [2.05, 4.69) is 6.92 Å². The molecule has 1 aromatic carbocycles. The quantitative estimate of drug-likeness (QED) is 0.820. The Balaban J connectivity index is 3.33. The average molecular weight is 256 g/mol. The predicted octanol–water partition coefficient (Wildman–Crippen LogP) is 3.54. The Morgan fingerprint density at radius 1 is 1.29 bits per heavy atom. The van der Waals surface area contributed by atoms with Gasteiger partial charge < -0.3 is 0 Å². The van der Waals surface area contributed by atoms with Crippen LogP contribution in [0.2, 0.25) is 0 Å². The van der Waals surface area contributed by atoms with Crippen LogP contribution in [0, 0.1) is 6.92 Å². The smallest absolute Gasteiger partial charge is 0.282 e. The van der Waals surface area contributed by atoms with Gasteiger partial charge in [-0.2, -0.15) is 8.42 Å². The zero-order valence-corrected chi connectivity index (χ0v) is 11.4. The molecule has 0 aliphatic carbocycles. The molecule has 0 saturated heterocycles. The molecule has 0 aliphatic heterocycles. The van der Waals surface area contributed by atoms with Gasteiger partial charge in [0.25, 0.3) is 10.1 Å². The first-order valence-electron chi connectivity index (χ1n) is 5.98. The fourth-order valence-corrected chi connectivity index (χ4v) is 2.91. The van der Waals surface area contributed by atoms with Crippen molar-refractivity contribution in [2.45, 2.75) is 50.8 Å². The average Bonchev–Trinajstić information content (AvgIpc) is 2.24. The highest BCUT2D eigenvalue weighted by Crippen LogP contribution is 2.30. The fraction of sp³-hybridized carbons (Fsp3) is 0.538. The number of aryl methyl sites for hydroxylation is 1. The van der Waals surface area contributed by atoms with Crippen LogP contribution in [0.25, 0.3) is 0 Å². The van der Waals surface area contributed by atoms with Gasteiger partial charge in [0.2, 0.25) is 0 Å². The molecule has 1 rings (SSSR count). The van der Waals surface area contributed by atoms with Gasteiger partial charge in [-0.1, -0.05) is 38.0 Å². The molecule has 1 atom stereocenters. The molecule has 0 aromatic heterocycles. The lowest BCUT2D eigenvalue weighted by Gasteiger charge is -2.17. The van der Waals surface area contributed by atoms with Crippen molar-refractivity contribution in [2.75, 3.05) is 0 Å². The van der Waals surface area contributed by atoms with E-state index in [0.717, 1.165) is 30.4 Å². The maximum Gasteiger partial charge on any atom is 0.294 e. The second kappa shape index (κ2) is 5.65. The third kappa shape index (κ3) is 3.54. The third-order valence-corrected chi connectivity index (χ3v) is 3.94. The van der Waals surface area contributed by atoms with E-state index in [0.29, 0.717) is 0 Å². The van der Waals surface area contributed by atoms with Crippen molar-refractivity contribution in [1.29, 1.82) is 0 Å². The first kappa shape index (κ1) is 14.2. The van der Waals surface area contributed by atoms with Crippen molar-refractivity contribution in [3.63, 3.8) is 0 Å². The van der Waals surface area contributed by atoms with Crippen LogP contribution in [0.5, 0.6) is 0 Å². The summed E-state index contributed by atoms with van der Waals surface area (Å²) in [4.78, 5) is 0.0587. The Hall–Kier alpha value is -0.870. The van der Waals surface area contributed by atoms with Crippen LogP contribution in [-0.2, 0) is 10.1 Å². The number of rotatable bonds is 5. The summed E-state index contributed by atoms with van der Waals surface area (Å²) in [5, 5.41) is 0. The molecule has 0 aliphatic rings. The maximum atomic E-state index is 11.3. The molecule has 0 fully saturated rings. The topological polar surface area (TPSA) is 54.4 Å². The molecule has 0 amide bonds. The molecule has 17 heavy (non-hydrogen) atoms. The number of hydrogen-bond donors (Lipinski definition) is 1. The van der Waals surface area contributed by atoms with Gasteiger partial charge in [-0.15, -0.1) is 0 Å².